The standard InChI is InChI=1S/C19H31N3O3/c1-18(2,3)15-11-16(23)22(13-20-15)12-14-7-9-21(10-8-14)17(24)25-19(4,5)6/h11,13-14H,7-10,12H2,1-6H3. The molecule has 1 aliphatic rings. The fraction of sp³-hybridized carbons (Fsp3) is 0.737. The van der Waals surface area contributed by atoms with Gasteiger partial charge in [0.15, 0.2) is 0 Å². The lowest BCUT2D eigenvalue weighted by Crippen LogP contribution is -2.42. The summed E-state index contributed by atoms with van der Waals surface area (Å²) in [4.78, 5) is 30.6. The molecule has 1 aliphatic heterocycles. The zero-order valence-corrected chi connectivity index (χ0v) is 16.3. The highest BCUT2D eigenvalue weighted by atomic mass is 16.6. The summed E-state index contributed by atoms with van der Waals surface area (Å²) in [7, 11) is 0. The minimum absolute atomic E-state index is 0.00510. The van der Waals surface area contributed by atoms with Crippen LogP contribution >= 0.6 is 0 Å². The van der Waals surface area contributed by atoms with Gasteiger partial charge in [-0.05, 0) is 39.5 Å². The Morgan fingerprint density at radius 2 is 1.80 bits per heavy atom. The maximum atomic E-state index is 12.3. The molecular weight excluding hydrogens is 318 g/mol. The Labute approximate surface area is 150 Å². The Balaban J connectivity index is 1.92. The second-order valence-electron chi connectivity index (χ2n) is 8.93. The predicted octanol–water partition coefficient (Wildman–Crippen LogP) is 3.19. The third-order valence-corrected chi connectivity index (χ3v) is 4.37. The van der Waals surface area contributed by atoms with Crippen LogP contribution in [0.2, 0.25) is 0 Å². The van der Waals surface area contributed by atoms with Gasteiger partial charge in [0.25, 0.3) is 5.56 Å². The normalized spacial score (nSPS) is 16.8. The van der Waals surface area contributed by atoms with E-state index in [1.54, 1.807) is 21.9 Å². The number of ether oxygens (including phenoxy) is 1. The molecule has 0 atom stereocenters. The second-order valence-corrected chi connectivity index (χ2v) is 8.93. The van der Waals surface area contributed by atoms with Gasteiger partial charge >= 0.3 is 6.09 Å². The van der Waals surface area contributed by atoms with E-state index >= 15 is 0 Å². The lowest BCUT2D eigenvalue weighted by Gasteiger charge is -2.33. The van der Waals surface area contributed by atoms with E-state index < -0.39 is 5.60 Å². The van der Waals surface area contributed by atoms with Crippen LogP contribution in [-0.2, 0) is 16.7 Å². The van der Waals surface area contributed by atoms with E-state index in [9.17, 15) is 9.59 Å². The van der Waals surface area contributed by atoms with Gasteiger partial charge in [-0.3, -0.25) is 9.36 Å². The van der Waals surface area contributed by atoms with Crippen molar-refractivity contribution in [3.63, 3.8) is 0 Å². The minimum atomic E-state index is -0.471. The number of amides is 1. The first-order valence-corrected chi connectivity index (χ1v) is 9.00. The largest absolute Gasteiger partial charge is 0.444 e. The van der Waals surface area contributed by atoms with E-state index in [-0.39, 0.29) is 17.1 Å². The topological polar surface area (TPSA) is 64.4 Å². The van der Waals surface area contributed by atoms with Crippen LogP contribution in [-0.4, -0.2) is 39.2 Å². The van der Waals surface area contributed by atoms with Crippen LogP contribution < -0.4 is 5.56 Å². The van der Waals surface area contributed by atoms with Gasteiger partial charge in [0.2, 0.25) is 0 Å². The van der Waals surface area contributed by atoms with E-state index in [0.717, 1.165) is 18.5 Å². The molecule has 1 aromatic heterocycles. The molecule has 0 spiro atoms. The molecule has 1 aromatic rings. The molecular formula is C19H31N3O3. The summed E-state index contributed by atoms with van der Waals surface area (Å²) in [5, 5.41) is 0. The van der Waals surface area contributed by atoms with Gasteiger partial charge < -0.3 is 9.64 Å². The lowest BCUT2D eigenvalue weighted by atomic mass is 9.92. The quantitative estimate of drug-likeness (QED) is 0.822. The Morgan fingerprint density at radius 3 is 2.28 bits per heavy atom. The van der Waals surface area contributed by atoms with Crippen molar-refractivity contribution in [2.45, 2.75) is 71.9 Å². The highest BCUT2D eigenvalue weighted by Crippen LogP contribution is 2.21. The molecule has 25 heavy (non-hydrogen) atoms. The summed E-state index contributed by atoms with van der Waals surface area (Å²) in [5.74, 6) is 0.374. The van der Waals surface area contributed by atoms with E-state index in [4.69, 9.17) is 4.74 Å². The van der Waals surface area contributed by atoms with Crippen LogP contribution in [0.15, 0.2) is 17.2 Å². The average Bonchev–Trinajstić information content (AvgIpc) is 2.47. The highest BCUT2D eigenvalue weighted by Gasteiger charge is 2.27. The average molecular weight is 349 g/mol. The highest BCUT2D eigenvalue weighted by molar-refractivity contribution is 5.68. The van der Waals surface area contributed by atoms with Crippen molar-refractivity contribution in [2.24, 2.45) is 5.92 Å². The molecule has 0 unspecified atom stereocenters. The first kappa shape index (κ1) is 19.5. The molecule has 140 valence electrons. The Hall–Kier alpha value is -1.85. The van der Waals surface area contributed by atoms with Gasteiger partial charge in [0, 0.05) is 31.1 Å². The molecule has 0 bridgehead atoms. The van der Waals surface area contributed by atoms with Crippen molar-refractivity contribution in [1.29, 1.82) is 0 Å². The lowest BCUT2D eigenvalue weighted by molar-refractivity contribution is 0.0178. The van der Waals surface area contributed by atoms with E-state index in [2.05, 4.69) is 4.98 Å². The smallest absolute Gasteiger partial charge is 0.410 e. The molecule has 0 N–H and O–H groups in total. The molecule has 1 saturated heterocycles. The maximum absolute atomic E-state index is 12.3. The van der Waals surface area contributed by atoms with Crippen LogP contribution in [0.1, 0.15) is 60.1 Å². The van der Waals surface area contributed by atoms with Crippen molar-refractivity contribution in [2.75, 3.05) is 13.1 Å². The summed E-state index contributed by atoms with van der Waals surface area (Å²) in [6.45, 7) is 13.7. The fourth-order valence-corrected chi connectivity index (χ4v) is 2.88. The molecule has 6 heteroatoms. The Morgan fingerprint density at radius 1 is 1.20 bits per heavy atom. The number of carbonyl (C=O) groups is 1. The molecule has 1 fully saturated rings. The number of likely N-dealkylation sites (tertiary alicyclic amines) is 1. The van der Waals surface area contributed by atoms with Gasteiger partial charge in [0.05, 0.1) is 12.0 Å². The van der Waals surface area contributed by atoms with Gasteiger partial charge in [-0.15, -0.1) is 0 Å². The molecule has 0 aliphatic carbocycles. The van der Waals surface area contributed by atoms with Crippen LogP contribution in [0.5, 0.6) is 0 Å². The molecule has 2 rings (SSSR count). The summed E-state index contributed by atoms with van der Waals surface area (Å²) in [5.41, 5.74) is 0.210. The third-order valence-electron chi connectivity index (χ3n) is 4.37. The van der Waals surface area contributed by atoms with Crippen molar-refractivity contribution in [3.8, 4) is 0 Å². The predicted molar refractivity (Wildman–Crippen MR) is 97.7 cm³/mol. The third kappa shape index (κ3) is 5.58. The summed E-state index contributed by atoms with van der Waals surface area (Å²) in [6.07, 6.45) is 3.14. The molecule has 1 amide bonds. The van der Waals surface area contributed by atoms with E-state index in [0.29, 0.717) is 25.6 Å². The maximum Gasteiger partial charge on any atom is 0.410 e. The molecule has 2 heterocycles. The number of carbonyl (C=O) groups excluding carboxylic acids is 1. The van der Waals surface area contributed by atoms with Crippen molar-refractivity contribution < 1.29 is 9.53 Å². The molecule has 0 radical (unpaired) electrons. The number of nitrogens with zero attached hydrogens (tertiary/aromatic N) is 3. The second kappa shape index (κ2) is 7.18. The van der Waals surface area contributed by atoms with Crippen LogP contribution in [0.25, 0.3) is 0 Å². The SMILES string of the molecule is CC(C)(C)OC(=O)N1CCC(Cn2cnc(C(C)(C)C)cc2=O)CC1. The molecule has 0 saturated carbocycles. The zero-order chi connectivity index (χ0) is 18.8. The van der Waals surface area contributed by atoms with Crippen LogP contribution in [0.3, 0.4) is 0 Å². The van der Waals surface area contributed by atoms with E-state index in [1.165, 1.54) is 0 Å². The van der Waals surface area contributed by atoms with Gasteiger partial charge in [0.1, 0.15) is 5.60 Å². The Bertz CT molecular complexity index is 660. The number of hydrogen-bond acceptors (Lipinski definition) is 4. The monoisotopic (exact) mass is 349 g/mol. The van der Waals surface area contributed by atoms with Crippen LogP contribution in [0, 0.1) is 5.92 Å². The van der Waals surface area contributed by atoms with Gasteiger partial charge in [-0.2, -0.15) is 0 Å². The number of rotatable bonds is 2. The van der Waals surface area contributed by atoms with Crippen molar-refractivity contribution in [3.05, 3.63) is 28.4 Å². The first-order chi connectivity index (χ1) is 11.5. The number of aromatic nitrogens is 2. The molecule has 6 nitrogen and oxygen atoms in total. The minimum Gasteiger partial charge on any atom is -0.444 e. The summed E-state index contributed by atoms with van der Waals surface area (Å²) >= 11 is 0. The Kier molecular flexibility index (Phi) is 5.59. The zero-order valence-electron chi connectivity index (χ0n) is 16.3. The van der Waals surface area contributed by atoms with Gasteiger partial charge in [-0.1, -0.05) is 20.8 Å². The van der Waals surface area contributed by atoms with Crippen LogP contribution in [0.4, 0.5) is 4.79 Å². The first-order valence-electron chi connectivity index (χ1n) is 9.00. The summed E-state index contributed by atoms with van der Waals surface area (Å²) < 4.78 is 7.10. The number of piperidine rings is 1. The van der Waals surface area contributed by atoms with Gasteiger partial charge in [-0.25, -0.2) is 9.78 Å². The van der Waals surface area contributed by atoms with E-state index in [1.807, 2.05) is 41.5 Å². The number of hydrogen-bond donors (Lipinski definition) is 0. The fourth-order valence-electron chi connectivity index (χ4n) is 2.88. The molecule has 0 aromatic carbocycles. The van der Waals surface area contributed by atoms with Crippen molar-refractivity contribution in [1.82, 2.24) is 14.5 Å². The summed E-state index contributed by atoms with van der Waals surface area (Å²) in [6, 6.07) is 1.63. The van der Waals surface area contributed by atoms with Crippen molar-refractivity contribution >= 4 is 6.09 Å².